The van der Waals surface area contributed by atoms with Crippen molar-refractivity contribution in [1.29, 1.82) is 0 Å². The minimum atomic E-state index is 1.15. The van der Waals surface area contributed by atoms with Gasteiger partial charge < -0.3 is 9.80 Å². The largest absolute Gasteiger partial charge is 0.371 e. The molecule has 0 amide bonds. The molecule has 12 heavy (non-hydrogen) atoms. The monoisotopic (exact) mass is 164 g/mol. The van der Waals surface area contributed by atoms with Gasteiger partial charge in [0, 0.05) is 27.2 Å². The Morgan fingerprint density at radius 3 is 1.50 bits per heavy atom. The Morgan fingerprint density at radius 1 is 0.833 bits per heavy atom. The Morgan fingerprint density at radius 2 is 1.17 bits per heavy atom. The van der Waals surface area contributed by atoms with Crippen LogP contribution in [-0.2, 0) is 0 Å². The van der Waals surface area contributed by atoms with E-state index in [1.165, 1.54) is 22.5 Å². The van der Waals surface area contributed by atoms with E-state index in [2.05, 4.69) is 37.7 Å². The van der Waals surface area contributed by atoms with Gasteiger partial charge in [-0.25, -0.2) is 0 Å². The van der Waals surface area contributed by atoms with Crippen LogP contribution in [0.3, 0.4) is 0 Å². The van der Waals surface area contributed by atoms with Crippen LogP contribution in [0.1, 0.15) is 13.8 Å². The molecule has 0 saturated carbocycles. The average molecular weight is 164 g/mol. The highest BCUT2D eigenvalue weighted by molar-refractivity contribution is 5.57. The van der Waals surface area contributed by atoms with Gasteiger partial charge in [0.05, 0.1) is 11.4 Å². The molecule has 2 aliphatic rings. The maximum atomic E-state index is 2.36. The average Bonchev–Trinajstić information content (AvgIpc) is 2.07. The zero-order valence-corrected chi connectivity index (χ0v) is 8.31. The summed E-state index contributed by atoms with van der Waals surface area (Å²) in [4.78, 5) is 4.72. The number of hydrogen-bond donors (Lipinski definition) is 0. The van der Waals surface area contributed by atoms with Gasteiger partial charge >= 0.3 is 0 Å². The van der Waals surface area contributed by atoms with E-state index in [0.717, 1.165) is 13.1 Å². The molecular formula is C10H16N2. The molecule has 0 spiro atoms. The quantitative estimate of drug-likeness (QED) is 0.534. The molecular weight excluding hydrogens is 148 g/mol. The van der Waals surface area contributed by atoms with Gasteiger partial charge in [0.25, 0.3) is 0 Å². The van der Waals surface area contributed by atoms with Crippen LogP contribution in [0.5, 0.6) is 0 Å². The van der Waals surface area contributed by atoms with E-state index in [-0.39, 0.29) is 0 Å². The number of piperazine rings is 1. The summed E-state index contributed by atoms with van der Waals surface area (Å²) in [6.45, 7) is 6.73. The van der Waals surface area contributed by atoms with E-state index in [9.17, 15) is 0 Å². The Balaban J connectivity index is 2.34. The molecule has 0 unspecified atom stereocenters. The van der Waals surface area contributed by atoms with E-state index in [4.69, 9.17) is 0 Å². The molecule has 2 rings (SSSR count). The molecule has 0 bridgehead atoms. The number of allylic oxidation sites excluding steroid dienone is 2. The molecule has 0 atom stereocenters. The molecule has 1 aliphatic carbocycles. The zero-order chi connectivity index (χ0) is 8.88. The van der Waals surface area contributed by atoms with Crippen LogP contribution >= 0.6 is 0 Å². The summed E-state index contributed by atoms with van der Waals surface area (Å²) in [5.41, 5.74) is 5.86. The molecule has 0 N–H and O–H groups in total. The summed E-state index contributed by atoms with van der Waals surface area (Å²) >= 11 is 0. The predicted octanol–water partition coefficient (Wildman–Crippen LogP) is 1.43. The van der Waals surface area contributed by atoms with Crippen LogP contribution in [-0.4, -0.2) is 37.0 Å². The summed E-state index contributed by atoms with van der Waals surface area (Å²) in [5.74, 6) is 0. The second-order valence-electron chi connectivity index (χ2n) is 3.79. The van der Waals surface area contributed by atoms with Gasteiger partial charge in [-0.15, -0.1) is 0 Å². The highest BCUT2D eigenvalue weighted by Crippen LogP contribution is 2.39. The maximum Gasteiger partial charge on any atom is 0.0638 e. The van der Waals surface area contributed by atoms with Crippen molar-refractivity contribution < 1.29 is 0 Å². The normalized spacial score (nSPS) is 23.0. The van der Waals surface area contributed by atoms with Crippen LogP contribution in [0.2, 0.25) is 0 Å². The number of rotatable bonds is 0. The van der Waals surface area contributed by atoms with Gasteiger partial charge in [0.15, 0.2) is 0 Å². The van der Waals surface area contributed by atoms with Crippen LogP contribution in [0.4, 0.5) is 0 Å². The first kappa shape index (κ1) is 7.71. The zero-order valence-electron chi connectivity index (χ0n) is 8.31. The number of likely N-dealkylation sites (N-methyl/N-ethyl adjacent to an activating group) is 2. The topological polar surface area (TPSA) is 6.48 Å². The van der Waals surface area contributed by atoms with E-state index < -0.39 is 0 Å². The fourth-order valence-corrected chi connectivity index (χ4v) is 2.11. The SMILES string of the molecule is CC1=C2C(=C1C)N(C)CCN2C. The molecule has 2 heteroatoms. The molecule has 0 aromatic heterocycles. The third-order valence-corrected chi connectivity index (χ3v) is 3.03. The minimum Gasteiger partial charge on any atom is -0.371 e. The molecule has 1 heterocycles. The van der Waals surface area contributed by atoms with Crippen molar-refractivity contribution in [2.45, 2.75) is 13.8 Å². The van der Waals surface area contributed by atoms with Crippen molar-refractivity contribution in [3.05, 3.63) is 22.5 Å². The molecule has 1 fully saturated rings. The summed E-state index contributed by atoms with van der Waals surface area (Å²) in [7, 11) is 4.36. The van der Waals surface area contributed by atoms with Gasteiger partial charge in [0.2, 0.25) is 0 Å². The second-order valence-corrected chi connectivity index (χ2v) is 3.79. The highest BCUT2D eigenvalue weighted by Gasteiger charge is 2.31. The van der Waals surface area contributed by atoms with E-state index >= 15 is 0 Å². The summed E-state index contributed by atoms with van der Waals surface area (Å²) in [6, 6.07) is 0. The molecule has 2 nitrogen and oxygen atoms in total. The second kappa shape index (κ2) is 2.28. The molecule has 0 aromatic carbocycles. The number of fused-ring (bicyclic) bond motifs is 1. The lowest BCUT2D eigenvalue weighted by atomic mass is 9.89. The Bertz CT molecular complexity index is 256. The standard InChI is InChI=1S/C10H16N2/c1-7-8(2)10-9(7)11(3)5-6-12(10)4/h5-6H2,1-4H3. The Hall–Kier alpha value is -0.920. The summed E-state index contributed by atoms with van der Waals surface area (Å²) in [6.07, 6.45) is 0. The van der Waals surface area contributed by atoms with Gasteiger partial charge in [-0.1, -0.05) is 0 Å². The lowest BCUT2D eigenvalue weighted by Gasteiger charge is -2.44. The summed E-state index contributed by atoms with van der Waals surface area (Å²) in [5, 5.41) is 0. The minimum absolute atomic E-state index is 1.15. The molecule has 66 valence electrons. The smallest absolute Gasteiger partial charge is 0.0638 e. The molecule has 1 aliphatic heterocycles. The van der Waals surface area contributed by atoms with Crippen molar-refractivity contribution in [2.24, 2.45) is 0 Å². The first-order chi connectivity index (χ1) is 5.63. The third kappa shape index (κ3) is 0.752. The van der Waals surface area contributed by atoms with Crippen LogP contribution in [0.25, 0.3) is 0 Å². The lowest BCUT2D eigenvalue weighted by molar-refractivity contribution is 0.262. The predicted molar refractivity (Wildman–Crippen MR) is 50.7 cm³/mol. The first-order valence-electron chi connectivity index (χ1n) is 4.47. The molecule has 0 aromatic rings. The summed E-state index contributed by atoms with van der Waals surface area (Å²) < 4.78 is 0. The first-order valence-corrected chi connectivity index (χ1v) is 4.47. The number of nitrogens with zero attached hydrogens (tertiary/aromatic N) is 2. The molecule has 1 saturated heterocycles. The third-order valence-electron chi connectivity index (χ3n) is 3.03. The van der Waals surface area contributed by atoms with Crippen molar-refractivity contribution >= 4 is 0 Å². The lowest BCUT2D eigenvalue weighted by Crippen LogP contribution is -2.43. The van der Waals surface area contributed by atoms with Gasteiger partial charge in [0.1, 0.15) is 0 Å². The fraction of sp³-hybridized carbons (Fsp3) is 0.600. The van der Waals surface area contributed by atoms with Crippen LogP contribution < -0.4 is 0 Å². The van der Waals surface area contributed by atoms with E-state index in [1.807, 2.05) is 0 Å². The highest BCUT2D eigenvalue weighted by atomic mass is 15.3. The van der Waals surface area contributed by atoms with Crippen LogP contribution in [0, 0.1) is 0 Å². The van der Waals surface area contributed by atoms with E-state index in [1.54, 1.807) is 0 Å². The Labute approximate surface area is 74.2 Å². The van der Waals surface area contributed by atoms with Gasteiger partial charge in [-0.3, -0.25) is 0 Å². The van der Waals surface area contributed by atoms with Crippen molar-refractivity contribution in [3.63, 3.8) is 0 Å². The molecule has 0 radical (unpaired) electrons. The fourth-order valence-electron chi connectivity index (χ4n) is 2.11. The van der Waals surface area contributed by atoms with E-state index in [0.29, 0.717) is 0 Å². The van der Waals surface area contributed by atoms with Gasteiger partial charge in [-0.05, 0) is 25.0 Å². The Kier molecular flexibility index (Phi) is 1.47. The maximum absolute atomic E-state index is 2.36. The number of hydrogen-bond acceptors (Lipinski definition) is 2. The van der Waals surface area contributed by atoms with Crippen molar-refractivity contribution in [3.8, 4) is 0 Å². The van der Waals surface area contributed by atoms with Crippen LogP contribution in [0.15, 0.2) is 22.5 Å². The van der Waals surface area contributed by atoms with Gasteiger partial charge in [-0.2, -0.15) is 0 Å². The van der Waals surface area contributed by atoms with Crippen molar-refractivity contribution in [1.82, 2.24) is 9.80 Å². The van der Waals surface area contributed by atoms with Crippen molar-refractivity contribution in [2.75, 3.05) is 27.2 Å².